The summed E-state index contributed by atoms with van der Waals surface area (Å²) in [7, 11) is 1.63. The minimum absolute atomic E-state index is 0.0309. The van der Waals surface area contributed by atoms with Crippen molar-refractivity contribution < 1.29 is 9.53 Å². The number of hydrogen-bond donors (Lipinski definition) is 0. The molecule has 0 amide bonds. The fraction of sp³-hybridized carbons (Fsp3) is 0.222. The molecule has 2 nitrogen and oxygen atoms in total. The van der Waals surface area contributed by atoms with E-state index in [0.717, 1.165) is 17.6 Å². The zero-order valence-corrected chi connectivity index (χ0v) is 9.28. The predicted octanol–water partition coefficient (Wildman–Crippen LogP) is 0.568. The van der Waals surface area contributed by atoms with Gasteiger partial charge in [0.15, 0.2) is 0 Å². The molecule has 0 spiro atoms. The maximum absolute atomic E-state index is 10.4. The van der Waals surface area contributed by atoms with Gasteiger partial charge in [0.25, 0.3) is 0 Å². The average Bonchev–Trinajstić information content (AvgIpc) is 2.17. The van der Waals surface area contributed by atoms with Gasteiger partial charge in [-0.05, 0) is 0 Å². The van der Waals surface area contributed by atoms with Crippen LogP contribution < -0.4 is 4.74 Å². The summed E-state index contributed by atoms with van der Waals surface area (Å²) in [6.45, 7) is 0. The molecule has 0 aromatic heterocycles. The predicted molar refractivity (Wildman–Crippen MR) is 50.3 cm³/mol. The third-order valence-corrected chi connectivity index (χ3v) is 2.78. The number of ether oxygens (including phenoxy) is 1. The van der Waals surface area contributed by atoms with E-state index in [1.54, 1.807) is 7.11 Å². The minimum atomic E-state index is 0.0309. The fourth-order valence-corrected chi connectivity index (χ4v) is 1.37. The summed E-state index contributed by atoms with van der Waals surface area (Å²) in [6.07, 6.45) is 0.960. The van der Waals surface area contributed by atoms with Crippen molar-refractivity contribution in [1.82, 2.24) is 0 Å². The number of methoxy groups -OCH3 is 1. The second-order valence-electron chi connectivity index (χ2n) is 2.44. The molecule has 0 aliphatic carbocycles. The molecule has 1 aromatic carbocycles. The van der Waals surface area contributed by atoms with Crippen LogP contribution in [0.25, 0.3) is 0 Å². The Morgan fingerprint density at radius 2 is 2.00 bits per heavy atom. The van der Waals surface area contributed by atoms with E-state index in [1.165, 1.54) is 16.9 Å². The first-order chi connectivity index (χ1) is 5.77. The van der Waals surface area contributed by atoms with E-state index in [9.17, 15) is 4.79 Å². The van der Waals surface area contributed by atoms with Crippen molar-refractivity contribution in [2.24, 2.45) is 0 Å². The van der Waals surface area contributed by atoms with Crippen molar-refractivity contribution in [3.8, 4) is 5.75 Å². The molecule has 2 unspecified atom stereocenters. The Bertz CT molecular complexity index is 256. The van der Waals surface area contributed by atoms with E-state index in [1.807, 2.05) is 24.3 Å². The molecule has 2 atom stereocenters. The van der Waals surface area contributed by atoms with E-state index in [2.05, 4.69) is 0 Å². The van der Waals surface area contributed by atoms with Gasteiger partial charge in [0.05, 0.1) is 0 Å². The van der Waals surface area contributed by atoms with Crippen LogP contribution in [0.1, 0.15) is 10.3 Å². The molecule has 0 aliphatic heterocycles. The number of benzene rings is 1. The molecular formula is C9H11AsO2. The quantitative estimate of drug-likeness (QED) is 0.556. The van der Waals surface area contributed by atoms with Gasteiger partial charge in [0.2, 0.25) is 0 Å². The number of rotatable bonds is 3. The first-order valence-electron chi connectivity index (χ1n) is 3.62. The summed E-state index contributed by atoms with van der Waals surface area (Å²) < 4.78 is 5.03. The SMILES string of the molecule is COc1ccc(C([AsH2])C=O)cc1. The third kappa shape index (κ3) is 2.12. The maximum atomic E-state index is 10.4. The van der Waals surface area contributed by atoms with Crippen LogP contribution in [0.15, 0.2) is 24.3 Å². The summed E-state index contributed by atoms with van der Waals surface area (Å²) in [5.74, 6) is 0.823. The van der Waals surface area contributed by atoms with Gasteiger partial charge in [0.1, 0.15) is 0 Å². The molecule has 12 heavy (non-hydrogen) atoms. The molecule has 1 rings (SSSR count). The first-order valence-corrected chi connectivity index (χ1v) is 5.02. The molecule has 3 heteroatoms. The number of carbonyl (C=O) groups is 1. The fourth-order valence-electron chi connectivity index (χ4n) is 0.905. The molecule has 1 aromatic rings. The van der Waals surface area contributed by atoms with Crippen LogP contribution in [0.4, 0.5) is 0 Å². The van der Waals surface area contributed by atoms with Crippen molar-refractivity contribution in [2.45, 2.75) is 4.71 Å². The van der Waals surface area contributed by atoms with Crippen LogP contribution in [-0.4, -0.2) is 30.2 Å². The first kappa shape index (κ1) is 9.34. The van der Waals surface area contributed by atoms with E-state index in [0.29, 0.717) is 0 Å². The van der Waals surface area contributed by atoms with Crippen LogP contribution in [0.5, 0.6) is 5.75 Å². The second kappa shape index (κ2) is 4.32. The summed E-state index contributed by atoms with van der Waals surface area (Å²) in [4.78, 5) is 10.4. The molecule has 0 bridgehead atoms. The monoisotopic (exact) mass is 226 g/mol. The van der Waals surface area contributed by atoms with E-state index >= 15 is 0 Å². The standard InChI is InChI=1S/C9H11AsO2/c1-12-8-4-2-7(3-5-8)9(10)6-11/h2-6,9H,10H2,1H3. The van der Waals surface area contributed by atoms with Gasteiger partial charge in [0, 0.05) is 0 Å². The molecule has 0 saturated heterocycles. The van der Waals surface area contributed by atoms with Gasteiger partial charge >= 0.3 is 80.1 Å². The van der Waals surface area contributed by atoms with E-state index in [-0.39, 0.29) is 4.71 Å². The molecule has 0 radical (unpaired) electrons. The molecule has 0 N–H and O–H groups in total. The Morgan fingerprint density at radius 1 is 1.42 bits per heavy atom. The van der Waals surface area contributed by atoms with Crippen LogP contribution in [-0.2, 0) is 4.79 Å². The summed E-state index contributed by atoms with van der Waals surface area (Å²) in [5.41, 5.74) is 1.05. The Balaban J connectivity index is 2.84. The van der Waals surface area contributed by atoms with Crippen molar-refractivity contribution in [2.75, 3.05) is 7.11 Å². The summed E-state index contributed by atoms with van der Waals surface area (Å²) >= 11 is 1.42. The van der Waals surface area contributed by atoms with Crippen LogP contribution in [0.2, 0.25) is 0 Å². The van der Waals surface area contributed by atoms with Gasteiger partial charge in [-0.15, -0.1) is 0 Å². The van der Waals surface area contributed by atoms with Gasteiger partial charge in [-0.2, -0.15) is 0 Å². The number of carbonyl (C=O) groups excluding carboxylic acids is 1. The van der Waals surface area contributed by atoms with Gasteiger partial charge in [-0.3, -0.25) is 0 Å². The topological polar surface area (TPSA) is 26.3 Å². The molecule has 0 aliphatic rings. The molecule has 0 heterocycles. The Morgan fingerprint density at radius 3 is 2.42 bits per heavy atom. The molecule has 64 valence electrons. The molecule has 0 saturated carbocycles. The number of aldehydes is 1. The van der Waals surface area contributed by atoms with Crippen LogP contribution in [0.3, 0.4) is 0 Å². The van der Waals surface area contributed by atoms with Crippen molar-refractivity contribution in [3.63, 3.8) is 0 Å². The Hall–Kier alpha value is -0.752. The van der Waals surface area contributed by atoms with Gasteiger partial charge in [-0.25, -0.2) is 0 Å². The normalized spacial score (nSPS) is 12.2. The van der Waals surface area contributed by atoms with Crippen LogP contribution in [0, 0.1) is 0 Å². The van der Waals surface area contributed by atoms with Crippen molar-refractivity contribution >= 4 is 23.1 Å². The summed E-state index contributed by atoms with van der Waals surface area (Å²) in [6, 6.07) is 7.57. The Labute approximate surface area is 80.4 Å². The zero-order chi connectivity index (χ0) is 8.97. The number of hydrogen-bond acceptors (Lipinski definition) is 2. The van der Waals surface area contributed by atoms with Crippen LogP contribution >= 0.6 is 0 Å². The third-order valence-electron chi connectivity index (χ3n) is 1.65. The second-order valence-corrected chi connectivity index (χ2v) is 3.94. The zero-order valence-electron chi connectivity index (χ0n) is 6.86. The Kier molecular flexibility index (Phi) is 3.36. The average molecular weight is 226 g/mol. The van der Waals surface area contributed by atoms with Crippen molar-refractivity contribution in [1.29, 1.82) is 0 Å². The van der Waals surface area contributed by atoms with Gasteiger partial charge in [-0.1, -0.05) is 0 Å². The molecule has 0 fully saturated rings. The van der Waals surface area contributed by atoms with Gasteiger partial charge < -0.3 is 0 Å². The van der Waals surface area contributed by atoms with E-state index < -0.39 is 0 Å². The molecular weight excluding hydrogens is 215 g/mol. The van der Waals surface area contributed by atoms with E-state index in [4.69, 9.17) is 4.74 Å². The summed E-state index contributed by atoms with van der Waals surface area (Å²) in [5, 5.41) is 0. The van der Waals surface area contributed by atoms with Crippen molar-refractivity contribution in [3.05, 3.63) is 29.8 Å².